The Hall–Kier alpha value is -1.10. The van der Waals surface area contributed by atoms with Crippen molar-refractivity contribution in [3.63, 3.8) is 0 Å². The average Bonchev–Trinajstić information content (AvgIpc) is 2.84. The Morgan fingerprint density at radius 2 is 1.95 bits per heavy atom. The summed E-state index contributed by atoms with van der Waals surface area (Å²) < 4.78 is 11.7. The van der Waals surface area contributed by atoms with Gasteiger partial charge in [0.1, 0.15) is 6.10 Å². The van der Waals surface area contributed by atoms with Gasteiger partial charge in [-0.05, 0) is 5.56 Å². The van der Waals surface area contributed by atoms with E-state index in [0.717, 1.165) is 11.5 Å². The van der Waals surface area contributed by atoms with Crippen LogP contribution in [0.4, 0.5) is 0 Å². The number of fused-ring (bicyclic) bond motifs is 7. The summed E-state index contributed by atoms with van der Waals surface area (Å²) in [5.41, 5.74) is 0.799. The summed E-state index contributed by atoms with van der Waals surface area (Å²) in [5, 5.41) is 0. The van der Waals surface area contributed by atoms with Gasteiger partial charge in [0.25, 0.3) is 0 Å². The Labute approximate surface area is 127 Å². The third-order valence-corrected chi connectivity index (χ3v) is 6.36. The summed E-state index contributed by atoms with van der Waals surface area (Å²) in [7, 11) is 0. The van der Waals surface area contributed by atoms with Crippen LogP contribution in [0, 0.1) is 11.8 Å². The van der Waals surface area contributed by atoms with Crippen molar-refractivity contribution in [2.24, 2.45) is 11.8 Å². The average molecular weight is 300 g/mol. The molecule has 0 radical (unpaired) electrons. The minimum Gasteiger partial charge on any atom is -0.366 e. The molecule has 4 aliphatic rings. The number of epoxide rings is 1. The van der Waals surface area contributed by atoms with Gasteiger partial charge in [-0.15, -0.1) is 0 Å². The predicted molar refractivity (Wildman–Crippen MR) is 80.0 cm³/mol. The van der Waals surface area contributed by atoms with Gasteiger partial charge in [-0.3, -0.25) is 4.79 Å². The molecule has 3 fully saturated rings. The highest BCUT2D eigenvalue weighted by atomic mass is 32.2. The second-order valence-electron chi connectivity index (χ2n) is 6.32. The van der Waals surface area contributed by atoms with Crippen molar-refractivity contribution in [3.05, 3.63) is 48.0 Å². The van der Waals surface area contributed by atoms with E-state index in [0.29, 0.717) is 0 Å². The molecule has 6 atom stereocenters. The molecular formula is C17H16O3S. The standard InChI is InChI=1S/C17H16O3S/c18-15-13-11-6-7-12(19-11)14(13)16-17(15,20-16)9-21-8-10-4-2-1-3-5-10/h1-7,11-14,16H,8-9H2/t11-,12+,13-,14+,16-,17+/m1/s1. The van der Waals surface area contributed by atoms with Gasteiger partial charge < -0.3 is 9.47 Å². The van der Waals surface area contributed by atoms with E-state index >= 15 is 0 Å². The van der Waals surface area contributed by atoms with E-state index in [1.807, 2.05) is 6.07 Å². The first-order chi connectivity index (χ1) is 10.3. The molecule has 2 saturated heterocycles. The zero-order chi connectivity index (χ0) is 14.0. The van der Waals surface area contributed by atoms with Crippen LogP contribution in [-0.4, -0.2) is 35.4 Å². The lowest BCUT2D eigenvalue weighted by atomic mass is 9.85. The summed E-state index contributed by atoms with van der Waals surface area (Å²) in [6, 6.07) is 10.4. The summed E-state index contributed by atoms with van der Waals surface area (Å²) in [5.74, 6) is 2.32. The first kappa shape index (κ1) is 12.4. The van der Waals surface area contributed by atoms with Gasteiger partial charge in [-0.1, -0.05) is 42.5 Å². The summed E-state index contributed by atoms with van der Waals surface area (Å²) in [6.45, 7) is 0. The number of hydrogen-bond acceptors (Lipinski definition) is 4. The first-order valence-electron chi connectivity index (χ1n) is 7.47. The first-order valence-corrected chi connectivity index (χ1v) is 8.63. The number of benzene rings is 1. The zero-order valence-corrected chi connectivity index (χ0v) is 12.3. The normalized spacial score (nSPS) is 45.0. The maximum Gasteiger partial charge on any atom is 0.174 e. The quantitative estimate of drug-likeness (QED) is 0.631. The van der Waals surface area contributed by atoms with Crippen molar-refractivity contribution in [1.82, 2.24) is 0 Å². The van der Waals surface area contributed by atoms with E-state index in [1.165, 1.54) is 5.56 Å². The molecule has 2 bridgehead atoms. The van der Waals surface area contributed by atoms with Gasteiger partial charge in [0, 0.05) is 17.4 Å². The molecule has 5 rings (SSSR count). The number of thioether (sulfide) groups is 1. The molecule has 3 nitrogen and oxygen atoms in total. The molecule has 0 amide bonds. The Morgan fingerprint density at radius 3 is 2.76 bits per heavy atom. The maximum atomic E-state index is 12.7. The molecule has 0 aromatic heterocycles. The minimum absolute atomic E-state index is 0.0138. The van der Waals surface area contributed by atoms with E-state index in [1.54, 1.807) is 11.8 Å². The fraction of sp³-hybridized carbons (Fsp3) is 0.471. The van der Waals surface area contributed by atoms with Gasteiger partial charge in [-0.25, -0.2) is 0 Å². The second-order valence-corrected chi connectivity index (χ2v) is 7.31. The Kier molecular flexibility index (Phi) is 2.50. The van der Waals surface area contributed by atoms with Crippen LogP contribution < -0.4 is 0 Å². The Balaban J connectivity index is 1.28. The van der Waals surface area contributed by atoms with E-state index in [2.05, 4.69) is 36.4 Å². The lowest BCUT2D eigenvalue weighted by Crippen LogP contribution is -2.34. The van der Waals surface area contributed by atoms with Crippen molar-refractivity contribution in [2.45, 2.75) is 29.7 Å². The van der Waals surface area contributed by atoms with Crippen LogP contribution in [0.3, 0.4) is 0 Å². The smallest absolute Gasteiger partial charge is 0.174 e. The van der Waals surface area contributed by atoms with Crippen LogP contribution in [0.2, 0.25) is 0 Å². The molecule has 1 aliphatic carbocycles. The van der Waals surface area contributed by atoms with E-state index < -0.39 is 5.60 Å². The molecule has 0 N–H and O–H groups in total. The van der Waals surface area contributed by atoms with Crippen LogP contribution in [0.15, 0.2) is 42.5 Å². The van der Waals surface area contributed by atoms with E-state index in [-0.39, 0.29) is 35.9 Å². The number of rotatable bonds is 4. The number of Topliss-reactive ketones (excluding diaryl/α,β-unsaturated/α-hetero) is 1. The third kappa shape index (κ3) is 1.61. The van der Waals surface area contributed by atoms with Crippen molar-refractivity contribution >= 4 is 17.5 Å². The van der Waals surface area contributed by atoms with E-state index in [9.17, 15) is 4.79 Å². The lowest BCUT2D eigenvalue weighted by Gasteiger charge is -2.18. The molecule has 1 aromatic rings. The molecule has 4 heteroatoms. The Bertz CT molecular complexity index is 628. The van der Waals surface area contributed by atoms with Crippen molar-refractivity contribution in [3.8, 4) is 0 Å². The van der Waals surface area contributed by atoms with Gasteiger partial charge >= 0.3 is 0 Å². The van der Waals surface area contributed by atoms with Crippen LogP contribution in [0.25, 0.3) is 0 Å². The van der Waals surface area contributed by atoms with Crippen molar-refractivity contribution < 1.29 is 14.3 Å². The minimum atomic E-state index is -0.499. The monoisotopic (exact) mass is 300 g/mol. The highest BCUT2D eigenvalue weighted by Gasteiger charge is 2.78. The molecule has 1 saturated carbocycles. The SMILES string of the molecule is O=C1[C@H]2[C@H]([C@@H]3C=C[C@H]2O3)[C@H]2O[C@@]12CSCc1ccccc1. The molecule has 3 aliphatic heterocycles. The van der Waals surface area contributed by atoms with Gasteiger partial charge in [0.05, 0.1) is 18.1 Å². The number of ether oxygens (including phenoxy) is 2. The fourth-order valence-electron chi connectivity index (χ4n) is 4.17. The molecule has 1 aromatic carbocycles. The summed E-state index contributed by atoms with van der Waals surface area (Å²) >= 11 is 1.80. The highest BCUT2D eigenvalue weighted by molar-refractivity contribution is 7.98. The number of ketones is 1. The van der Waals surface area contributed by atoms with Gasteiger partial charge in [0.15, 0.2) is 11.4 Å². The molecule has 21 heavy (non-hydrogen) atoms. The van der Waals surface area contributed by atoms with Crippen molar-refractivity contribution in [1.29, 1.82) is 0 Å². The van der Waals surface area contributed by atoms with Crippen LogP contribution in [-0.2, 0) is 20.0 Å². The number of hydrogen-bond donors (Lipinski definition) is 0. The zero-order valence-electron chi connectivity index (χ0n) is 11.5. The molecule has 0 unspecified atom stereocenters. The third-order valence-electron chi connectivity index (χ3n) is 5.19. The highest BCUT2D eigenvalue weighted by Crippen LogP contribution is 2.61. The molecule has 3 heterocycles. The summed E-state index contributed by atoms with van der Waals surface area (Å²) in [6.07, 6.45) is 4.38. The molecular weight excluding hydrogens is 284 g/mol. The number of carbonyl (C=O) groups is 1. The van der Waals surface area contributed by atoms with Crippen LogP contribution >= 0.6 is 11.8 Å². The summed E-state index contributed by atoms with van der Waals surface area (Å²) in [4.78, 5) is 12.7. The Morgan fingerprint density at radius 1 is 1.14 bits per heavy atom. The van der Waals surface area contributed by atoms with Crippen molar-refractivity contribution in [2.75, 3.05) is 5.75 Å². The van der Waals surface area contributed by atoms with E-state index in [4.69, 9.17) is 9.47 Å². The van der Waals surface area contributed by atoms with Crippen LogP contribution in [0.5, 0.6) is 0 Å². The van der Waals surface area contributed by atoms with Gasteiger partial charge in [0.2, 0.25) is 0 Å². The fourth-order valence-corrected chi connectivity index (χ4v) is 5.37. The second kappa shape index (κ2) is 4.22. The topological polar surface area (TPSA) is 38.8 Å². The maximum absolute atomic E-state index is 12.7. The van der Waals surface area contributed by atoms with Gasteiger partial charge in [-0.2, -0.15) is 11.8 Å². The number of carbonyl (C=O) groups excluding carboxylic acids is 1. The lowest BCUT2D eigenvalue weighted by molar-refractivity contribution is -0.128. The largest absolute Gasteiger partial charge is 0.366 e. The van der Waals surface area contributed by atoms with Crippen LogP contribution in [0.1, 0.15) is 5.56 Å². The predicted octanol–water partition coefficient (Wildman–Crippen LogP) is 2.21. The molecule has 108 valence electrons. The molecule has 0 spiro atoms.